The molecule has 1 aliphatic rings. The SMILES string of the molecule is O=C(Nc1cc(Cl)cc(Cl)c1)Nc1ccc2c(c1)CCN2. The molecule has 4 nitrogen and oxygen atoms in total. The van der Waals surface area contributed by atoms with Gasteiger partial charge in [-0.05, 0) is 48.4 Å². The Morgan fingerprint density at radius 2 is 1.71 bits per heavy atom. The highest BCUT2D eigenvalue weighted by atomic mass is 35.5. The van der Waals surface area contributed by atoms with Crippen LogP contribution < -0.4 is 16.0 Å². The van der Waals surface area contributed by atoms with Gasteiger partial charge in [-0.2, -0.15) is 0 Å². The number of hydrogen-bond donors (Lipinski definition) is 3. The first-order chi connectivity index (χ1) is 10.1. The fourth-order valence-electron chi connectivity index (χ4n) is 2.30. The van der Waals surface area contributed by atoms with Gasteiger partial charge in [0.15, 0.2) is 0 Å². The molecule has 0 aromatic heterocycles. The summed E-state index contributed by atoms with van der Waals surface area (Å²) >= 11 is 11.8. The second-order valence-corrected chi connectivity index (χ2v) is 5.66. The summed E-state index contributed by atoms with van der Waals surface area (Å²) in [7, 11) is 0. The van der Waals surface area contributed by atoms with Crippen LogP contribution in [0.5, 0.6) is 0 Å². The molecule has 2 aromatic rings. The number of carbonyl (C=O) groups is 1. The van der Waals surface area contributed by atoms with E-state index >= 15 is 0 Å². The van der Waals surface area contributed by atoms with Gasteiger partial charge in [-0.25, -0.2) is 4.79 Å². The molecule has 0 bridgehead atoms. The van der Waals surface area contributed by atoms with Crippen molar-refractivity contribution in [3.8, 4) is 0 Å². The minimum absolute atomic E-state index is 0.334. The molecule has 0 unspecified atom stereocenters. The minimum Gasteiger partial charge on any atom is -0.384 e. The van der Waals surface area contributed by atoms with Crippen LogP contribution in [0.25, 0.3) is 0 Å². The molecule has 0 aliphatic carbocycles. The number of halogens is 2. The lowest BCUT2D eigenvalue weighted by atomic mass is 10.1. The third kappa shape index (κ3) is 3.40. The van der Waals surface area contributed by atoms with E-state index in [1.807, 2.05) is 18.2 Å². The lowest BCUT2D eigenvalue weighted by Crippen LogP contribution is -2.19. The Morgan fingerprint density at radius 3 is 2.48 bits per heavy atom. The first-order valence-electron chi connectivity index (χ1n) is 6.51. The Kier molecular flexibility index (Phi) is 3.90. The Labute approximate surface area is 132 Å². The van der Waals surface area contributed by atoms with E-state index in [4.69, 9.17) is 23.2 Å². The summed E-state index contributed by atoms with van der Waals surface area (Å²) in [5.74, 6) is 0. The Morgan fingerprint density at radius 1 is 1.00 bits per heavy atom. The number of fused-ring (bicyclic) bond motifs is 1. The number of rotatable bonds is 2. The molecule has 0 spiro atoms. The molecular formula is C15H13Cl2N3O. The topological polar surface area (TPSA) is 53.2 Å². The van der Waals surface area contributed by atoms with Crippen LogP contribution in [0.2, 0.25) is 10.0 Å². The lowest BCUT2D eigenvalue weighted by molar-refractivity contribution is 0.262. The molecule has 2 aromatic carbocycles. The fraction of sp³-hybridized carbons (Fsp3) is 0.133. The third-order valence-electron chi connectivity index (χ3n) is 3.19. The zero-order valence-corrected chi connectivity index (χ0v) is 12.6. The molecule has 1 aliphatic heterocycles. The molecule has 2 amide bonds. The van der Waals surface area contributed by atoms with E-state index in [1.54, 1.807) is 18.2 Å². The number of hydrogen-bond acceptors (Lipinski definition) is 2. The van der Waals surface area contributed by atoms with Crippen molar-refractivity contribution in [1.29, 1.82) is 0 Å². The largest absolute Gasteiger partial charge is 0.384 e. The molecule has 0 saturated heterocycles. The summed E-state index contributed by atoms with van der Waals surface area (Å²) in [6.45, 7) is 0.937. The molecular weight excluding hydrogens is 309 g/mol. The van der Waals surface area contributed by atoms with Crippen molar-refractivity contribution < 1.29 is 4.79 Å². The minimum atomic E-state index is -0.334. The summed E-state index contributed by atoms with van der Waals surface area (Å²) < 4.78 is 0. The van der Waals surface area contributed by atoms with Crippen molar-refractivity contribution >= 4 is 46.3 Å². The van der Waals surface area contributed by atoms with E-state index in [-0.39, 0.29) is 6.03 Å². The number of carbonyl (C=O) groups excluding carboxylic acids is 1. The second kappa shape index (κ2) is 5.84. The van der Waals surface area contributed by atoms with Gasteiger partial charge in [0.2, 0.25) is 0 Å². The van der Waals surface area contributed by atoms with Gasteiger partial charge in [0.05, 0.1) is 0 Å². The predicted octanol–water partition coefficient (Wildman–Crippen LogP) is 4.61. The number of nitrogens with one attached hydrogen (secondary N) is 3. The molecule has 0 fully saturated rings. The smallest absolute Gasteiger partial charge is 0.323 e. The van der Waals surface area contributed by atoms with Crippen LogP contribution in [-0.4, -0.2) is 12.6 Å². The molecule has 1 heterocycles. The van der Waals surface area contributed by atoms with Gasteiger partial charge >= 0.3 is 6.03 Å². The van der Waals surface area contributed by atoms with Crippen molar-refractivity contribution in [1.82, 2.24) is 0 Å². The summed E-state index contributed by atoms with van der Waals surface area (Å²) in [5.41, 5.74) is 3.64. The van der Waals surface area contributed by atoms with Crippen LogP contribution >= 0.6 is 23.2 Å². The quantitative estimate of drug-likeness (QED) is 0.756. The summed E-state index contributed by atoms with van der Waals surface area (Å²) in [6.07, 6.45) is 0.969. The van der Waals surface area contributed by atoms with Crippen molar-refractivity contribution in [2.75, 3.05) is 22.5 Å². The highest BCUT2D eigenvalue weighted by Gasteiger charge is 2.11. The average Bonchev–Trinajstić information content (AvgIpc) is 2.84. The molecule has 3 rings (SSSR count). The van der Waals surface area contributed by atoms with Crippen LogP contribution in [0, 0.1) is 0 Å². The molecule has 108 valence electrons. The zero-order valence-electron chi connectivity index (χ0n) is 11.0. The molecule has 0 atom stereocenters. The van der Waals surface area contributed by atoms with Crippen LogP contribution in [0.1, 0.15) is 5.56 Å². The van der Waals surface area contributed by atoms with Crippen molar-refractivity contribution in [3.63, 3.8) is 0 Å². The monoisotopic (exact) mass is 321 g/mol. The number of benzene rings is 2. The molecule has 3 N–H and O–H groups in total. The standard InChI is InChI=1S/C15H13Cl2N3O/c16-10-6-11(17)8-13(7-10)20-15(21)19-12-1-2-14-9(5-12)3-4-18-14/h1-2,5-8,18H,3-4H2,(H2,19,20,21). The van der Waals surface area contributed by atoms with Gasteiger partial charge in [0, 0.05) is 33.7 Å². The van der Waals surface area contributed by atoms with Gasteiger partial charge in [-0.15, -0.1) is 0 Å². The van der Waals surface area contributed by atoms with Gasteiger partial charge < -0.3 is 16.0 Å². The van der Waals surface area contributed by atoms with Crippen LogP contribution in [0.3, 0.4) is 0 Å². The highest BCUT2D eigenvalue weighted by Crippen LogP contribution is 2.26. The van der Waals surface area contributed by atoms with Crippen molar-refractivity contribution in [2.24, 2.45) is 0 Å². The predicted molar refractivity (Wildman–Crippen MR) is 87.7 cm³/mol. The first-order valence-corrected chi connectivity index (χ1v) is 7.27. The van der Waals surface area contributed by atoms with E-state index in [1.165, 1.54) is 5.56 Å². The molecule has 0 radical (unpaired) electrons. The summed E-state index contributed by atoms with van der Waals surface area (Å²) in [6, 6.07) is 10.4. The van der Waals surface area contributed by atoms with Gasteiger partial charge in [-0.3, -0.25) is 0 Å². The van der Waals surface area contributed by atoms with E-state index in [2.05, 4.69) is 16.0 Å². The highest BCUT2D eigenvalue weighted by molar-refractivity contribution is 6.35. The van der Waals surface area contributed by atoms with Gasteiger partial charge in [-0.1, -0.05) is 23.2 Å². The normalized spacial score (nSPS) is 12.5. The van der Waals surface area contributed by atoms with Crippen LogP contribution in [-0.2, 0) is 6.42 Å². The third-order valence-corrected chi connectivity index (χ3v) is 3.63. The fourth-order valence-corrected chi connectivity index (χ4v) is 2.83. The lowest BCUT2D eigenvalue weighted by Gasteiger charge is -2.09. The van der Waals surface area contributed by atoms with E-state index in [0.29, 0.717) is 15.7 Å². The molecule has 0 saturated carbocycles. The zero-order chi connectivity index (χ0) is 14.8. The maximum absolute atomic E-state index is 12.0. The number of anilines is 3. The van der Waals surface area contributed by atoms with Gasteiger partial charge in [0.25, 0.3) is 0 Å². The van der Waals surface area contributed by atoms with E-state index in [0.717, 1.165) is 24.3 Å². The second-order valence-electron chi connectivity index (χ2n) is 4.79. The van der Waals surface area contributed by atoms with E-state index in [9.17, 15) is 4.79 Å². The first kappa shape index (κ1) is 14.0. The average molecular weight is 322 g/mol. The van der Waals surface area contributed by atoms with Gasteiger partial charge in [0.1, 0.15) is 0 Å². The van der Waals surface area contributed by atoms with E-state index < -0.39 is 0 Å². The Balaban J connectivity index is 1.69. The number of amides is 2. The van der Waals surface area contributed by atoms with Crippen molar-refractivity contribution in [2.45, 2.75) is 6.42 Å². The van der Waals surface area contributed by atoms with Crippen molar-refractivity contribution in [3.05, 3.63) is 52.0 Å². The number of urea groups is 1. The maximum Gasteiger partial charge on any atom is 0.323 e. The molecule has 6 heteroatoms. The summed E-state index contributed by atoms with van der Waals surface area (Å²) in [5, 5.41) is 9.72. The molecule has 21 heavy (non-hydrogen) atoms. The maximum atomic E-state index is 12.0. The van der Waals surface area contributed by atoms with Crippen LogP contribution in [0.4, 0.5) is 21.9 Å². The Hall–Kier alpha value is -1.91. The summed E-state index contributed by atoms with van der Waals surface area (Å²) in [4.78, 5) is 12.0. The Bertz CT molecular complexity index is 683. The van der Waals surface area contributed by atoms with Crippen LogP contribution in [0.15, 0.2) is 36.4 Å².